The summed E-state index contributed by atoms with van der Waals surface area (Å²) >= 11 is 0. The summed E-state index contributed by atoms with van der Waals surface area (Å²) in [6.45, 7) is 3.30. The fourth-order valence-corrected chi connectivity index (χ4v) is 5.06. The summed E-state index contributed by atoms with van der Waals surface area (Å²) < 4.78 is 17.0. The summed E-state index contributed by atoms with van der Waals surface area (Å²) in [6.07, 6.45) is 4.63. The molecule has 0 aliphatic carbocycles. The van der Waals surface area contributed by atoms with Crippen LogP contribution in [0.3, 0.4) is 0 Å². The molecule has 0 atom stereocenters. The molecular weight excluding hydrogens is 334 g/mol. The Morgan fingerprint density at radius 1 is 0.600 bits per heavy atom. The lowest BCUT2D eigenvalue weighted by atomic mass is 9.75. The van der Waals surface area contributed by atoms with Crippen LogP contribution in [0.2, 0.25) is 6.04 Å². The maximum atomic E-state index is 5.67. The topological polar surface area (TPSA) is 37.4 Å². The van der Waals surface area contributed by atoms with E-state index in [0.29, 0.717) is 0 Å². The van der Waals surface area contributed by atoms with Crippen molar-refractivity contribution in [3.63, 3.8) is 0 Å². The van der Waals surface area contributed by atoms with E-state index in [-0.39, 0.29) is 5.41 Å². The number of hydrogen-bond donors (Lipinski definition) is 0. The molecule has 0 aromatic heterocycles. The Hall–Kier alpha value is -0.0231. The van der Waals surface area contributed by atoms with E-state index < -0.39 is 8.80 Å². The van der Waals surface area contributed by atoms with Crippen molar-refractivity contribution in [3.05, 3.63) is 0 Å². The molecule has 0 heterocycles. The summed E-state index contributed by atoms with van der Waals surface area (Å²) in [5, 5.41) is 0. The van der Waals surface area contributed by atoms with Crippen LogP contribution in [-0.4, -0.2) is 107 Å². The van der Waals surface area contributed by atoms with Crippen molar-refractivity contribution in [3.8, 4) is 0 Å². The van der Waals surface area contributed by atoms with Gasteiger partial charge in [-0.15, -0.1) is 0 Å². The lowest BCUT2D eigenvalue weighted by Gasteiger charge is -2.38. The second kappa shape index (κ2) is 12.4. The Morgan fingerprint density at radius 2 is 0.920 bits per heavy atom. The van der Waals surface area contributed by atoms with Gasteiger partial charge >= 0.3 is 8.80 Å². The van der Waals surface area contributed by atoms with Crippen LogP contribution >= 0.6 is 0 Å². The molecule has 0 rings (SSSR count). The van der Waals surface area contributed by atoms with Gasteiger partial charge in [0.15, 0.2) is 0 Å². The van der Waals surface area contributed by atoms with Gasteiger partial charge in [0, 0.05) is 27.4 Å². The normalized spacial score (nSPS) is 13.4. The maximum Gasteiger partial charge on any atom is 0.500 e. The molecule has 0 bridgehead atoms. The Morgan fingerprint density at radius 3 is 1.16 bits per heavy atom. The number of hydrogen-bond acceptors (Lipinski definition) is 6. The van der Waals surface area contributed by atoms with Crippen LogP contribution in [0.25, 0.3) is 0 Å². The standard InChI is InChI=1S/C18H43N3O3Si/c1-19(2)14-10-18(11-15-20(3)4,12-16-21(5)6)13-17-25(22-7,23-8)24-9/h10-17H2,1-9H3. The zero-order chi connectivity index (χ0) is 19.5. The van der Waals surface area contributed by atoms with Gasteiger partial charge in [-0.25, -0.2) is 0 Å². The minimum Gasteiger partial charge on any atom is -0.377 e. The summed E-state index contributed by atoms with van der Waals surface area (Å²) in [4.78, 5) is 6.86. The number of rotatable bonds is 15. The first-order valence-electron chi connectivity index (χ1n) is 9.24. The molecule has 0 unspecified atom stereocenters. The number of nitrogens with zero attached hydrogens (tertiary/aromatic N) is 3. The van der Waals surface area contributed by atoms with Gasteiger partial charge in [0.25, 0.3) is 0 Å². The lowest BCUT2D eigenvalue weighted by Crippen LogP contribution is -2.44. The maximum absolute atomic E-state index is 5.67. The summed E-state index contributed by atoms with van der Waals surface area (Å²) in [7, 11) is 15.5. The van der Waals surface area contributed by atoms with E-state index in [1.54, 1.807) is 21.3 Å². The third-order valence-electron chi connectivity index (χ3n) is 5.16. The molecule has 0 saturated carbocycles. The first kappa shape index (κ1) is 25.0. The van der Waals surface area contributed by atoms with Crippen molar-refractivity contribution in [1.29, 1.82) is 0 Å². The second-order valence-corrected chi connectivity index (χ2v) is 11.0. The first-order chi connectivity index (χ1) is 11.6. The Balaban J connectivity index is 5.29. The zero-order valence-electron chi connectivity index (χ0n) is 18.2. The molecule has 0 radical (unpaired) electrons. The van der Waals surface area contributed by atoms with Crippen LogP contribution in [0.15, 0.2) is 0 Å². The predicted octanol–water partition coefficient (Wildman–Crippen LogP) is 2.10. The predicted molar refractivity (Wildman–Crippen MR) is 108 cm³/mol. The van der Waals surface area contributed by atoms with Gasteiger partial charge in [0.1, 0.15) is 0 Å². The largest absolute Gasteiger partial charge is 0.500 e. The molecule has 0 aliphatic rings. The summed E-state index contributed by atoms with van der Waals surface area (Å²) in [6, 6.07) is 0.866. The van der Waals surface area contributed by atoms with Crippen LogP contribution < -0.4 is 0 Å². The van der Waals surface area contributed by atoms with E-state index in [1.165, 1.54) is 19.3 Å². The van der Waals surface area contributed by atoms with E-state index in [2.05, 4.69) is 57.0 Å². The van der Waals surface area contributed by atoms with Gasteiger partial charge in [0.05, 0.1) is 0 Å². The van der Waals surface area contributed by atoms with Crippen molar-refractivity contribution < 1.29 is 13.3 Å². The molecule has 0 amide bonds. The molecule has 7 heteroatoms. The molecule has 6 nitrogen and oxygen atoms in total. The van der Waals surface area contributed by atoms with E-state index in [4.69, 9.17) is 13.3 Å². The summed E-state index contributed by atoms with van der Waals surface area (Å²) in [5.41, 5.74) is 0.270. The van der Waals surface area contributed by atoms with Gasteiger partial charge in [0.2, 0.25) is 0 Å². The smallest absolute Gasteiger partial charge is 0.377 e. The van der Waals surface area contributed by atoms with Crippen molar-refractivity contribution in [2.24, 2.45) is 5.41 Å². The minimum absolute atomic E-state index is 0.270. The highest BCUT2D eigenvalue weighted by atomic mass is 28.4. The fourth-order valence-electron chi connectivity index (χ4n) is 3.11. The van der Waals surface area contributed by atoms with Gasteiger partial charge in [-0.05, 0) is 93.0 Å². The van der Waals surface area contributed by atoms with Crippen molar-refractivity contribution in [1.82, 2.24) is 14.7 Å². The lowest BCUT2D eigenvalue weighted by molar-refractivity contribution is 0.104. The molecular formula is C18H43N3O3Si. The van der Waals surface area contributed by atoms with Crippen LogP contribution in [0, 0.1) is 5.41 Å². The molecule has 0 N–H and O–H groups in total. The van der Waals surface area contributed by atoms with Crippen LogP contribution in [0.5, 0.6) is 0 Å². The third kappa shape index (κ3) is 10.0. The molecule has 0 aliphatic heterocycles. The van der Waals surface area contributed by atoms with Crippen LogP contribution in [0.4, 0.5) is 0 Å². The molecule has 0 spiro atoms. The highest BCUT2D eigenvalue weighted by Gasteiger charge is 2.41. The minimum atomic E-state index is -2.54. The second-order valence-electron chi connectivity index (χ2n) is 7.96. The molecule has 25 heavy (non-hydrogen) atoms. The molecule has 152 valence electrons. The molecule has 0 saturated heterocycles. The zero-order valence-corrected chi connectivity index (χ0v) is 19.2. The van der Waals surface area contributed by atoms with Gasteiger partial charge in [-0.3, -0.25) is 0 Å². The van der Waals surface area contributed by atoms with Gasteiger partial charge < -0.3 is 28.0 Å². The monoisotopic (exact) mass is 377 g/mol. The van der Waals surface area contributed by atoms with E-state index >= 15 is 0 Å². The van der Waals surface area contributed by atoms with Crippen LogP contribution in [-0.2, 0) is 13.3 Å². The van der Waals surface area contributed by atoms with E-state index in [9.17, 15) is 0 Å². The van der Waals surface area contributed by atoms with Crippen molar-refractivity contribution in [2.45, 2.75) is 31.7 Å². The average Bonchev–Trinajstić information content (AvgIpc) is 2.57. The fraction of sp³-hybridized carbons (Fsp3) is 1.00. The molecule has 0 aromatic rings. The van der Waals surface area contributed by atoms with Crippen LogP contribution in [0.1, 0.15) is 25.7 Å². The van der Waals surface area contributed by atoms with Crippen molar-refractivity contribution >= 4 is 8.80 Å². The Kier molecular flexibility index (Phi) is 12.4. The molecule has 0 aromatic carbocycles. The van der Waals surface area contributed by atoms with E-state index in [1.807, 2.05) is 0 Å². The van der Waals surface area contributed by atoms with E-state index in [0.717, 1.165) is 32.1 Å². The summed E-state index contributed by atoms with van der Waals surface area (Å²) in [5.74, 6) is 0. The van der Waals surface area contributed by atoms with Gasteiger partial charge in [-0.2, -0.15) is 0 Å². The Labute approximate surface area is 157 Å². The molecule has 0 fully saturated rings. The quantitative estimate of drug-likeness (QED) is 0.407. The third-order valence-corrected chi connectivity index (χ3v) is 7.89. The average molecular weight is 378 g/mol. The van der Waals surface area contributed by atoms with Crippen molar-refractivity contribution in [2.75, 3.05) is 83.2 Å². The SMILES string of the molecule is CO[Si](CCC(CCN(C)C)(CCN(C)C)CCN(C)C)(OC)OC. The highest BCUT2D eigenvalue weighted by molar-refractivity contribution is 6.60. The Bertz CT molecular complexity index is 298. The first-order valence-corrected chi connectivity index (χ1v) is 11.2. The van der Waals surface area contributed by atoms with Gasteiger partial charge in [-0.1, -0.05) is 0 Å². The highest BCUT2D eigenvalue weighted by Crippen LogP contribution is 2.39.